The molecule has 0 spiro atoms. The molecule has 0 atom stereocenters. The highest BCUT2D eigenvalue weighted by atomic mass is 32.2. The van der Waals surface area contributed by atoms with Crippen LogP contribution in [0.5, 0.6) is 11.5 Å². The molecule has 29 heavy (non-hydrogen) atoms. The Bertz CT molecular complexity index is 975. The summed E-state index contributed by atoms with van der Waals surface area (Å²) in [5, 5.41) is 40.2. The zero-order valence-electron chi connectivity index (χ0n) is 14.8. The first kappa shape index (κ1) is 23.1. The lowest BCUT2D eigenvalue weighted by Crippen LogP contribution is -2.04. The summed E-state index contributed by atoms with van der Waals surface area (Å²) in [7, 11) is -1.80. The van der Waals surface area contributed by atoms with Gasteiger partial charge in [-0.1, -0.05) is 0 Å². The fraction of sp³-hybridized carbons (Fsp3) is 0.133. The maximum absolute atomic E-state index is 12.4. The average Bonchev–Trinajstić information content (AvgIpc) is 2.67. The molecule has 0 saturated carbocycles. The quantitative estimate of drug-likeness (QED) is 0.409. The smallest absolute Gasteiger partial charge is 0.502 e. The normalized spacial score (nSPS) is 10.3. The Morgan fingerprint density at radius 3 is 1.45 bits per heavy atom. The molecule has 0 fully saturated rings. The lowest BCUT2D eigenvalue weighted by Gasteiger charge is -2.06. The number of aromatic hydroxyl groups is 2. The highest BCUT2D eigenvalue weighted by Crippen LogP contribution is 2.34. The number of carbonyl (C=O) groups excluding carboxylic acids is 1. The molecule has 2 rings (SSSR count). The van der Waals surface area contributed by atoms with E-state index in [0.29, 0.717) is 12.1 Å². The molecule has 14 heteroatoms. The number of hydrogen-bond donors (Lipinski definition) is 2. The second kappa shape index (κ2) is 9.32. The first-order valence-corrected chi connectivity index (χ1v) is 8.75. The third-order valence-electron chi connectivity index (χ3n) is 3.24. The van der Waals surface area contributed by atoms with Gasteiger partial charge in [-0.25, -0.2) is 13.2 Å². The molecule has 0 unspecified atom stereocenters. The van der Waals surface area contributed by atoms with Crippen LogP contribution in [0.15, 0.2) is 46.2 Å². The second-order valence-electron chi connectivity index (χ2n) is 4.98. The summed E-state index contributed by atoms with van der Waals surface area (Å²) in [5.41, 5.74) is -1.64. The van der Waals surface area contributed by atoms with Crippen LogP contribution >= 0.6 is 0 Å². The van der Waals surface area contributed by atoms with E-state index in [1.54, 1.807) is 0 Å². The van der Waals surface area contributed by atoms with Gasteiger partial charge in [0.1, 0.15) is 0 Å². The summed E-state index contributed by atoms with van der Waals surface area (Å²) < 4.78 is 32.9. The summed E-state index contributed by atoms with van der Waals surface area (Å²) in [6, 6.07) is 4.80. The van der Waals surface area contributed by atoms with Gasteiger partial charge in [0.15, 0.2) is 11.5 Å². The first-order chi connectivity index (χ1) is 13.4. The number of sulfone groups is 1. The fourth-order valence-electron chi connectivity index (χ4n) is 1.85. The number of hydrogen-bond acceptors (Lipinski definition) is 11. The van der Waals surface area contributed by atoms with Crippen LogP contribution in [-0.2, 0) is 19.3 Å². The maximum Gasteiger partial charge on any atom is 0.507 e. The molecule has 0 aromatic heterocycles. The second-order valence-corrected chi connectivity index (χ2v) is 6.93. The Morgan fingerprint density at radius 2 is 1.21 bits per heavy atom. The highest BCUT2D eigenvalue weighted by molar-refractivity contribution is 7.91. The predicted molar refractivity (Wildman–Crippen MR) is 94.4 cm³/mol. The van der Waals surface area contributed by atoms with Crippen LogP contribution in [0.4, 0.5) is 16.2 Å². The summed E-state index contributed by atoms with van der Waals surface area (Å²) >= 11 is 0. The van der Waals surface area contributed by atoms with E-state index >= 15 is 0 Å². The van der Waals surface area contributed by atoms with Crippen molar-refractivity contribution in [3.05, 3.63) is 56.6 Å². The number of carbonyl (C=O) groups is 1. The Kier molecular flexibility index (Phi) is 7.42. The Hall–Kier alpha value is -3.94. The lowest BCUT2D eigenvalue weighted by molar-refractivity contribution is -0.386. The average molecular weight is 430 g/mol. The lowest BCUT2D eigenvalue weighted by atomic mass is 10.3. The third-order valence-corrected chi connectivity index (χ3v) is 4.99. The zero-order chi connectivity index (χ0) is 22.4. The van der Waals surface area contributed by atoms with Gasteiger partial charge < -0.3 is 19.7 Å². The van der Waals surface area contributed by atoms with Crippen molar-refractivity contribution in [1.29, 1.82) is 0 Å². The zero-order valence-corrected chi connectivity index (χ0v) is 15.7. The number of rotatable bonds is 4. The first-order valence-electron chi connectivity index (χ1n) is 7.27. The topological polar surface area (TPSA) is 196 Å². The molecule has 0 heterocycles. The van der Waals surface area contributed by atoms with Gasteiger partial charge in [-0.05, 0) is 24.3 Å². The summed E-state index contributed by atoms with van der Waals surface area (Å²) in [5.74, 6) is -1.43. The minimum absolute atomic E-state index is 0.526. The van der Waals surface area contributed by atoms with Crippen molar-refractivity contribution >= 4 is 27.4 Å². The van der Waals surface area contributed by atoms with Crippen LogP contribution in [0.25, 0.3) is 0 Å². The van der Waals surface area contributed by atoms with E-state index in [9.17, 15) is 43.7 Å². The van der Waals surface area contributed by atoms with Gasteiger partial charge in [0.2, 0.25) is 9.84 Å². The number of nitro groups is 2. The Balaban J connectivity index is 0.000000612. The molecule has 0 amide bonds. The van der Waals surface area contributed by atoms with Crippen LogP contribution in [0, 0.1) is 20.2 Å². The molecular weight excluding hydrogens is 416 g/mol. The molecule has 0 radical (unpaired) electrons. The maximum atomic E-state index is 12.4. The minimum atomic E-state index is -4.32. The van der Waals surface area contributed by atoms with Crippen molar-refractivity contribution < 1.29 is 42.7 Å². The van der Waals surface area contributed by atoms with E-state index in [0.717, 1.165) is 24.3 Å². The van der Waals surface area contributed by atoms with Gasteiger partial charge in [0.05, 0.1) is 33.9 Å². The molecule has 156 valence electrons. The van der Waals surface area contributed by atoms with Crippen LogP contribution in [0.1, 0.15) is 0 Å². The largest absolute Gasteiger partial charge is 0.507 e. The number of nitro benzene ring substituents is 2. The van der Waals surface area contributed by atoms with E-state index in [-0.39, 0.29) is 0 Å². The van der Waals surface area contributed by atoms with Crippen molar-refractivity contribution in [3.63, 3.8) is 0 Å². The molecule has 0 aliphatic carbocycles. The van der Waals surface area contributed by atoms with E-state index in [4.69, 9.17) is 0 Å². The van der Waals surface area contributed by atoms with E-state index < -0.39 is 58.5 Å². The molecule has 13 nitrogen and oxygen atoms in total. The van der Waals surface area contributed by atoms with E-state index in [2.05, 4.69) is 9.47 Å². The van der Waals surface area contributed by atoms with Crippen LogP contribution < -0.4 is 0 Å². The van der Waals surface area contributed by atoms with Gasteiger partial charge in [0, 0.05) is 12.1 Å². The van der Waals surface area contributed by atoms with Crippen LogP contribution in [0.3, 0.4) is 0 Å². The fourth-order valence-corrected chi connectivity index (χ4v) is 3.15. The Morgan fingerprint density at radius 1 is 0.862 bits per heavy atom. The van der Waals surface area contributed by atoms with Crippen molar-refractivity contribution in [1.82, 2.24) is 0 Å². The number of phenols is 2. The van der Waals surface area contributed by atoms with Crippen molar-refractivity contribution in [2.75, 3.05) is 14.2 Å². The van der Waals surface area contributed by atoms with Gasteiger partial charge in [-0.15, -0.1) is 0 Å². The standard InChI is InChI=1S/C12H8N2O8S.C3H6O3/c15-11-3-1-7(5-9(11)13(17)18)23(21,22)8-2-4-12(16)10(6-8)14(19)20;1-5-3(4)6-2/h1-6,15-16H;1-2H3. The number of methoxy groups -OCH3 is 2. The minimum Gasteiger partial charge on any atom is -0.502 e. The summed E-state index contributed by atoms with van der Waals surface area (Å²) in [6.45, 7) is 0. The number of phenolic OH excluding ortho intramolecular Hbond substituents is 2. The van der Waals surface area contributed by atoms with Crippen molar-refractivity contribution in [2.45, 2.75) is 9.79 Å². The van der Waals surface area contributed by atoms with Gasteiger partial charge in [-0.3, -0.25) is 20.2 Å². The van der Waals surface area contributed by atoms with Gasteiger partial charge in [-0.2, -0.15) is 0 Å². The molecule has 0 aliphatic rings. The van der Waals surface area contributed by atoms with E-state index in [1.165, 1.54) is 14.2 Å². The van der Waals surface area contributed by atoms with E-state index in [1.807, 2.05) is 0 Å². The number of ether oxygens (including phenoxy) is 2. The van der Waals surface area contributed by atoms with Gasteiger partial charge >= 0.3 is 17.5 Å². The monoisotopic (exact) mass is 430 g/mol. The molecule has 0 saturated heterocycles. The van der Waals surface area contributed by atoms with Crippen molar-refractivity contribution in [3.8, 4) is 11.5 Å². The summed E-state index contributed by atoms with van der Waals surface area (Å²) in [6.07, 6.45) is -0.657. The summed E-state index contributed by atoms with van der Waals surface area (Å²) in [4.78, 5) is 28.3. The molecule has 2 N–H and O–H groups in total. The van der Waals surface area contributed by atoms with Crippen LogP contribution in [0.2, 0.25) is 0 Å². The molecule has 0 bridgehead atoms. The van der Waals surface area contributed by atoms with Crippen molar-refractivity contribution in [2.24, 2.45) is 0 Å². The number of nitrogens with zero attached hydrogens (tertiary/aromatic N) is 2. The molecular formula is C15H14N2O11S. The van der Waals surface area contributed by atoms with Gasteiger partial charge in [0.25, 0.3) is 0 Å². The predicted octanol–water partition coefficient (Wildman–Crippen LogP) is 2.15. The molecule has 2 aromatic rings. The highest BCUT2D eigenvalue weighted by Gasteiger charge is 2.26. The third kappa shape index (κ3) is 5.52. The Labute approximate surface area is 162 Å². The molecule has 0 aliphatic heterocycles. The SMILES string of the molecule is COC(=O)OC.O=[N+]([O-])c1cc(S(=O)(=O)c2ccc(O)c([N+](=O)[O-])c2)ccc1O. The van der Waals surface area contributed by atoms with Crippen LogP contribution in [-0.4, -0.2) is 48.9 Å². The molecule has 2 aromatic carbocycles. The number of benzene rings is 2.